The van der Waals surface area contributed by atoms with Crippen LogP contribution in [0.25, 0.3) is 0 Å². The van der Waals surface area contributed by atoms with Gasteiger partial charge in [-0.2, -0.15) is 0 Å². The second-order valence-corrected chi connectivity index (χ2v) is 13.9. The first-order valence-electron chi connectivity index (χ1n) is 13.9. The predicted molar refractivity (Wildman–Crippen MR) is 134 cm³/mol. The van der Waals surface area contributed by atoms with Gasteiger partial charge in [0.25, 0.3) is 0 Å². The number of Topliss-reactive ketones (excluding diaryl/α,β-unsaturated/α-hetero) is 1. The van der Waals surface area contributed by atoms with E-state index in [1.165, 1.54) is 44.9 Å². The average molecular weight is 465 g/mol. The van der Waals surface area contributed by atoms with Crippen LogP contribution in [0.1, 0.15) is 112 Å². The minimum absolute atomic E-state index is 0.0584. The summed E-state index contributed by atoms with van der Waals surface area (Å²) in [6.07, 6.45) is 12.0. The summed E-state index contributed by atoms with van der Waals surface area (Å²) in [6, 6.07) is 0. The number of hydrogen-bond donors (Lipinski definition) is 1. The molecule has 0 spiro atoms. The number of alkyl halides is 1. The van der Waals surface area contributed by atoms with Gasteiger partial charge in [-0.1, -0.05) is 54.4 Å². The van der Waals surface area contributed by atoms with Crippen LogP contribution in [0, 0.1) is 52.3 Å². The van der Waals surface area contributed by atoms with Crippen molar-refractivity contribution in [2.75, 3.05) is 0 Å². The van der Waals surface area contributed by atoms with Crippen LogP contribution in [0.15, 0.2) is 0 Å². The van der Waals surface area contributed by atoms with E-state index >= 15 is 0 Å². The van der Waals surface area contributed by atoms with Crippen molar-refractivity contribution in [3.05, 3.63) is 0 Å². The predicted octanol–water partition coefficient (Wildman–Crippen LogP) is 7.65. The van der Waals surface area contributed by atoms with E-state index in [9.17, 15) is 9.90 Å². The molecule has 4 aliphatic carbocycles. The number of hydrogen-bond acceptors (Lipinski definition) is 2. The average Bonchev–Trinajstić information content (AvgIpc) is 3.08. The van der Waals surface area contributed by atoms with Crippen molar-refractivity contribution in [1.29, 1.82) is 0 Å². The summed E-state index contributed by atoms with van der Waals surface area (Å²) in [4.78, 5) is 13.4. The zero-order chi connectivity index (χ0) is 23.5. The van der Waals surface area contributed by atoms with Gasteiger partial charge in [-0.25, -0.2) is 0 Å². The molecule has 2 nitrogen and oxygen atoms in total. The minimum Gasteiger partial charge on any atom is -0.381 e. The number of carbonyl (C=O) groups excluding carboxylic acids is 1. The second kappa shape index (κ2) is 8.85. The third-order valence-electron chi connectivity index (χ3n) is 11.8. The second-order valence-electron chi connectivity index (χ2n) is 13.3. The quantitative estimate of drug-likeness (QED) is 0.410. The van der Waals surface area contributed by atoms with Gasteiger partial charge in [0.1, 0.15) is 5.60 Å². The molecule has 1 N–H and O–H groups in total. The van der Waals surface area contributed by atoms with Crippen LogP contribution < -0.4 is 0 Å². The van der Waals surface area contributed by atoms with Crippen LogP contribution in [0.3, 0.4) is 0 Å². The molecule has 4 rings (SSSR count). The Hall–Kier alpha value is -0.0800. The molecule has 4 aliphatic rings. The van der Waals surface area contributed by atoms with Gasteiger partial charge < -0.3 is 5.11 Å². The van der Waals surface area contributed by atoms with Crippen LogP contribution in [-0.4, -0.2) is 21.9 Å². The van der Waals surface area contributed by atoms with Crippen molar-refractivity contribution in [3.8, 4) is 0 Å². The van der Waals surface area contributed by atoms with E-state index in [1.54, 1.807) is 0 Å². The van der Waals surface area contributed by atoms with Crippen LogP contribution in [0.2, 0.25) is 0 Å². The summed E-state index contributed by atoms with van der Waals surface area (Å²) in [5, 5.41) is 11.6. The summed E-state index contributed by atoms with van der Waals surface area (Å²) < 4.78 is 0. The molecule has 0 unspecified atom stereocenters. The van der Waals surface area contributed by atoms with Gasteiger partial charge in [0, 0.05) is 23.6 Å². The topological polar surface area (TPSA) is 37.3 Å². The number of ketones is 1. The van der Waals surface area contributed by atoms with Crippen LogP contribution >= 0.6 is 11.6 Å². The van der Waals surface area contributed by atoms with E-state index in [1.807, 2.05) is 0 Å². The Labute approximate surface area is 202 Å². The van der Waals surface area contributed by atoms with E-state index in [2.05, 4.69) is 41.5 Å². The maximum atomic E-state index is 13.4. The van der Waals surface area contributed by atoms with Gasteiger partial charge in [-0.15, -0.1) is 11.6 Å². The van der Waals surface area contributed by atoms with E-state index in [0.29, 0.717) is 36.0 Å². The fraction of sp³-hybridized carbons (Fsp3) is 0.966. The molecular weight excluding hydrogens is 416 g/mol. The van der Waals surface area contributed by atoms with Crippen LogP contribution in [0.4, 0.5) is 0 Å². The van der Waals surface area contributed by atoms with Crippen molar-refractivity contribution in [2.24, 2.45) is 52.3 Å². The number of aliphatic hydroxyl groups is 1. The van der Waals surface area contributed by atoms with Gasteiger partial charge in [-0.3, -0.25) is 4.79 Å². The molecule has 10 atom stereocenters. The third kappa shape index (κ3) is 3.73. The normalized spacial score (nSPS) is 48.2. The monoisotopic (exact) mass is 464 g/mol. The number of fused-ring (bicyclic) bond motifs is 5. The first kappa shape index (κ1) is 25.0. The Bertz CT molecular complexity index is 705. The molecule has 0 aliphatic heterocycles. The number of halogens is 1. The first-order chi connectivity index (χ1) is 15.0. The highest BCUT2D eigenvalue weighted by Gasteiger charge is 2.67. The molecule has 0 radical (unpaired) electrons. The zero-order valence-electron chi connectivity index (χ0n) is 21.6. The van der Waals surface area contributed by atoms with Gasteiger partial charge in [-0.05, 0) is 91.8 Å². The molecule has 3 heteroatoms. The molecule has 0 aromatic rings. The molecule has 0 saturated heterocycles. The summed E-state index contributed by atoms with van der Waals surface area (Å²) in [7, 11) is 0. The summed E-state index contributed by atoms with van der Waals surface area (Å²) in [6.45, 7) is 14.4. The Morgan fingerprint density at radius 1 is 1.03 bits per heavy atom. The standard InChI is InChI=1S/C29H49ClO2/c1-7-20(18(2)3)9-8-19(4)23-10-11-24-22-16-26(31)29(32)17-21(30)12-15-28(29,6)25(22)13-14-27(23,24)5/h18-25,32H,7-17H2,1-6H3/t19-,20-,21+,22+,23-,24+,25+,27-,28-,29+/m1/s1. The Morgan fingerprint density at radius 2 is 1.75 bits per heavy atom. The molecule has 0 heterocycles. The fourth-order valence-electron chi connectivity index (χ4n) is 9.65. The van der Waals surface area contributed by atoms with Crippen molar-refractivity contribution in [1.82, 2.24) is 0 Å². The van der Waals surface area contributed by atoms with Gasteiger partial charge in [0.05, 0.1) is 0 Å². The Kier molecular flexibility index (Phi) is 6.92. The maximum absolute atomic E-state index is 13.4. The zero-order valence-corrected chi connectivity index (χ0v) is 22.4. The summed E-state index contributed by atoms with van der Waals surface area (Å²) >= 11 is 6.46. The van der Waals surface area contributed by atoms with Crippen molar-refractivity contribution >= 4 is 17.4 Å². The highest BCUT2D eigenvalue weighted by Crippen LogP contribution is 2.68. The lowest BCUT2D eigenvalue weighted by molar-refractivity contribution is -0.202. The molecule has 4 fully saturated rings. The Morgan fingerprint density at radius 3 is 2.41 bits per heavy atom. The molecule has 32 heavy (non-hydrogen) atoms. The lowest BCUT2D eigenvalue weighted by atomic mass is 9.43. The largest absolute Gasteiger partial charge is 0.381 e. The van der Waals surface area contributed by atoms with Crippen molar-refractivity contribution in [2.45, 2.75) is 123 Å². The van der Waals surface area contributed by atoms with E-state index in [0.717, 1.165) is 36.5 Å². The number of rotatable bonds is 6. The van der Waals surface area contributed by atoms with Crippen LogP contribution in [-0.2, 0) is 4.79 Å². The number of carbonyl (C=O) groups is 1. The summed E-state index contributed by atoms with van der Waals surface area (Å²) in [5.74, 6) is 4.90. The first-order valence-corrected chi connectivity index (χ1v) is 14.3. The molecule has 4 saturated carbocycles. The van der Waals surface area contributed by atoms with Gasteiger partial charge in [0.2, 0.25) is 0 Å². The van der Waals surface area contributed by atoms with Gasteiger partial charge >= 0.3 is 0 Å². The highest BCUT2D eigenvalue weighted by atomic mass is 35.5. The molecular formula is C29H49ClO2. The van der Waals surface area contributed by atoms with Gasteiger partial charge in [0.15, 0.2) is 5.78 Å². The third-order valence-corrected chi connectivity index (χ3v) is 12.2. The van der Waals surface area contributed by atoms with E-state index in [4.69, 9.17) is 11.6 Å². The van der Waals surface area contributed by atoms with Crippen molar-refractivity contribution in [3.63, 3.8) is 0 Å². The molecule has 184 valence electrons. The van der Waals surface area contributed by atoms with E-state index in [-0.39, 0.29) is 16.6 Å². The lowest BCUT2D eigenvalue weighted by Gasteiger charge is -2.63. The summed E-state index contributed by atoms with van der Waals surface area (Å²) in [5.41, 5.74) is -1.10. The molecule has 0 aromatic heterocycles. The highest BCUT2D eigenvalue weighted by molar-refractivity contribution is 6.21. The van der Waals surface area contributed by atoms with Crippen molar-refractivity contribution < 1.29 is 9.90 Å². The lowest BCUT2D eigenvalue weighted by Crippen LogP contribution is -2.66. The van der Waals surface area contributed by atoms with E-state index < -0.39 is 5.60 Å². The molecule has 0 aromatic carbocycles. The molecule has 0 bridgehead atoms. The maximum Gasteiger partial charge on any atom is 0.165 e. The Balaban J connectivity index is 1.52. The minimum atomic E-state index is -1.19. The van der Waals surface area contributed by atoms with Crippen LogP contribution in [0.5, 0.6) is 0 Å². The smallest absolute Gasteiger partial charge is 0.165 e. The SMILES string of the molecule is CC[C@H](CC[C@@H](C)[C@H]1CC[C@H]2[C@@H]3CC(=O)[C@@]4(O)C[C@@H](Cl)CC[C@]4(C)[C@H]3CC[C@]12C)C(C)C. The fourth-order valence-corrected chi connectivity index (χ4v) is 9.98. The molecule has 0 amide bonds.